The van der Waals surface area contributed by atoms with Gasteiger partial charge < -0.3 is 14.6 Å². The van der Waals surface area contributed by atoms with E-state index in [1.54, 1.807) is 49.6 Å². The summed E-state index contributed by atoms with van der Waals surface area (Å²) in [4.78, 5) is 1.94. The van der Waals surface area contributed by atoms with E-state index in [1.165, 1.54) is 6.07 Å². The van der Waals surface area contributed by atoms with Crippen molar-refractivity contribution in [1.29, 1.82) is 0 Å². The van der Waals surface area contributed by atoms with Crippen molar-refractivity contribution in [2.45, 2.75) is 12.6 Å². The third-order valence-electron chi connectivity index (χ3n) is 3.69. The lowest BCUT2D eigenvalue weighted by molar-refractivity contribution is 0.0538. The minimum absolute atomic E-state index is 0.141. The number of aliphatic hydroxyl groups is 1. The Hall–Kier alpha value is -1.66. The van der Waals surface area contributed by atoms with Crippen molar-refractivity contribution in [1.82, 2.24) is 4.90 Å². The van der Waals surface area contributed by atoms with Crippen molar-refractivity contribution in [2.75, 3.05) is 33.4 Å². The smallest absolute Gasteiger partial charge is 0.127 e. The molecule has 0 bridgehead atoms. The first kappa shape index (κ1) is 19.7. The molecule has 1 atom stereocenters. The van der Waals surface area contributed by atoms with Crippen LogP contribution >= 0.6 is 11.6 Å². The molecule has 0 amide bonds. The van der Waals surface area contributed by atoms with Crippen LogP contribution in [0.15, 0.2) is 48.5 Å². The average Bonchev–Trinajstić information content (AvgIpc) is 2.61. The number of aliphatic hydroxyl groups excluding tert-OH is 1. The SMILES string of the molecule is COCCN(Cc1ccccc1F)CC(O)COc1ccc(Cl)cc1. The van der Waals surface area contributed by atoms with Gasteiger partial charge >= 0.3 is 0 Å². The highest BCUT2D eigenvalue weighted by Crippen LogP contribution is 2.16. The number of hydrogen-bond acceptors (Lipinski definition) is 4. The lowest BCUT2D eigenvalue weighted by atomic mass is 10.2. The van der Waals surface area contributed by atoms with Gasteiger partial charge in [-0.3, -0.25) is 4.90 Å². The average molecular weight is 368 g/mol. The van der Waals surface area contributed by atoms with E-state index in [0.717, 1.165) is 0 Å². The topological polar surface area (TPSA) is 41.9 Å². The maximum atomic E-state index is 13.9. The van der Waals surface area contributed by atoms with Crippen LogP contribution in [-0.2, 0) is 11.3 Å². The molecule has 136 valence electrons. The molecule has 0 saturated heterocycles. The Morgan fingerprint density at radius 2 is 1.88 bits per heavy atom. The van der Waals surface area contributed by atoms with E-state index in [2.05, 4.69) is 0 Å². The van der Waals surface area contributed by atoms with Crippen molar-refractivity contribution >= 4 is 11.6 Å². The highest BCUT2D eigenvalue weighted by atomic mass is 35.5. The van der Waals surface area contributed by atoms with Crippen LogP contribution in [0.4, 0.5) is 4.39 Å². The molecule has 0 saturated carbocycles. The molecular formula is C19H23ClFNO3. The fourth-order valence-electron chi connectivity index (χ4n) is 2.40. The first-order valence-corrected chi connectivity index (χ1v) is 8.47. The molecule has 1 N–H and O–H groups in total. The van der Waals surface area contributed by atoms with Gasteiger partial charge in [-0.05, 0) is 30.3 Å². The van der Waals surface area contributed by atoms with Crippen LogP contribution in [0.3, 0.4) is 0 Å². The molecule has 6 heteroatoms. The summed E-state index contributed by atoms with van der Waals surface area (Å²) in [5, 5.41) is 10.9. The molecule has 1 unspecified atom stereocenters. The molecule has 2 aromatic rings. The summed E-state index contributed by atoms with van der Waals surface area (Å²) in [7, 11) is 1.61. The van der Waals surface area contributed by atoms with Crippen LogP contribution in [0.2, 0.25) is 5.02 Å². The second-order valence-corrected chi connectivity index (χ2v) is 6.17. The molecule has 0 aromatic heterocycles. The Bertz CT molecular complexity index is 639. The Morgan fingerprint density at radius 3 is 2.56 bits per heavy atom. The molecule has 0 aliphatic rings. The Labute approximate surface area is 152 Å². The van der Waals surface area contributed by atoms with Gasteiger partial charge in [0.1, 0.15) is 24.3 Å². The summed E-state index contributed by atoms with van der Waals surface area (Å²) in [5.74, 6) is 0.387. The maximum absolute atomic E-state index is 13.9. The Balaban J connectivity index is 1.88. The molecule has 0 aliphatic carbocycles. The minimum atomic E-state index is -0.709. The largest absolute Gasteiger partial charge is 0.491 e. The molecule has 0 radical (unpaired) electrons. The lowest BCUT2D eigenvalue weighted by Gasteiger charge is -2.25. The minimum Gasteiger partial charge on any atom is -0.491 e. The molecule has 0 aliphatic heterocycles. The predicted octanol–water partition coefficient (Wildman–Crippen LogP) is 3.37. The molecule has 25 heavy (non-hydrogen) atoms. The van der Waals surface area contributed by atoms with Crippen molar-refractivity contribution in [3.05, 3.63) is 64.9 Å². The van der Waals surface area contributed by atoms with Gasteiger partial charge in [0.25, 0.3) is 0 Å². The number of halogens is 2. The highest BCUT2D eigenvalue weighted by Gasteiger charge is 2.14. The zero-order valence-corrected chi connectivity index (χ0v) is 15.0. The van der Waals surface area contributed by atoms with Crippen molar-refractivity contribution < 1.29 is 19.0 Å². The number of methoxy groups -OCH3 is 1. The van der Waals surface area contributed by atoms with E-state index in [-0.39, 0.29) is 12.4 Å². The summed E-state index contributed by atoms with van der Waals surface area (Å²) >= 11 is 5.83. The number of ether oxygens (including phenoxy) is 2. The first-order valence-electron chi connectivity index (χ1n) is 8.09. The highest BCUT2D eigenvalue weighted by molar-refractivity contribution is 6.30. The summed E-state index contributed by atoms with van der Waals surface area (Å²) in [6.07, 6.45) is -0.709. The van der Waals surface area contributed by atoms with E-state index in [0.29, 0.717) is 42.6 Å². The zero-order valence-electron chi connectivity index (χ0n) is 14.2. The molecule has 4 nitrogen and oxygen atoms in total. The third kappa shape index (κ3) is 7.00. The van der Waals surface area contributed by atoms with Gasteiger partial charge in [-0.25, -0.2) is 4.39 Å². The molecule has 0 heterocycles. The van der Waals surface area contributed by atoms with Gasteiger partial charge in [-0.2, -0.15) is 0 Å². The van der Waals surface area contributed by atoms with E-state index in [9.17, 15) is 9.50 Å². The first-order chi connectivity index (χ1) is 12.1. The quantitative estimate of drug-likeness (QED) is 0.699. The summed E-state index contributed by atoms with van der Waals surface area (Å²) < 4.78 is 24.5. The van der Waals surface area contributed by atoms with Gasteiger partial charge in [-0.15, -0.1) is 0 Å². The maximum Gasteiger partial charge on any atom is 0.127 e. The predicted molar refractivity (Wildman–Crippen MR) is 96.5 cm³/mol. The normalized spacial score (nSPS) is 12.4. The second-order valence-electron chi connectivity index (χ2n) is 5.74. The van der Waals surface area contributed by atoms with Crippen molar-refractivity contribution in [3.8, 4) is 5.75 Å². The van der Waals surface area contributed by atoms with E-state index in [1.807, 2.05) is 4.90 Å². The van der Waals surface area contributed by atoms with E-state index >= 15 is 0 Å². The van der Waals surface area contributed by atoms with Crippen LogP contribution in [0.5, 0.6) is 5.75 Å². The standard InChI is InChI=1S/C19H23ClFNO3/c1-24-11-10-22(12-15-4-2-3-5-19(15)21)13-17(23)14-25-18-8-6-16(20)7-9-18/h2-9,17,23H,10-14H2,1H3. The fourth-order valence-corrected chi connectivity index (χ4v) is 2.52. The molecule has 2 rings (SSSR count). The molecule has 0 spiro atoms. The summed E-state index contributed by atoms with van der Waals surface area (Å²) in [6.45, 7) is 1.98. The molecule has 0 fully saturated rings. The lowest BCUT2D eigenvalue weighted by Crippen LogP contribution is -2.37. The number of hydrogen-bond donors (Lipinski definition) is 1. The van der Waals surface area contributed by atoms with Gasteiger partial charge in [0.15, 0.2) is 0 Å². The van der Waals surface area contributed by atoms with Gasteiger partial charge in [0, 0.05) is 37.3 Å². The van der Waals surface area contributed by atoms with Crippen LogP contribution in [0.25, 0.3) is 0 Å². The second kappa shape index (κ2) is 10.4. The Kier molecular flexibility index (Phi) is 8.15. The summed E-state index contributed by atoms with van der Waals surface area (Å²) in [6, 6.07) is 13.6. The number of benzene rings is 2. The molecular weight excluding hydrogens is 345 g/mol. The third-order valence-corrected chi connectivity index (χ3v) is 3.94. The van der Waals surface area contributed by atoms with Crippen molar-refractivity contribution in [2.24, 2.45) is 0 Å². The number of rotatable bonds is 10. The fraction of sp³-hybridized carbons (Fsp3) is 0.368. The monoisotopic (exact) mass is 367 g/mol. The summed E-state index contributed by atoms with van der Waals surface area (Å²) in [5.41, 5.74) is 0.587. The van der Waals surface area contributed by atoms with Crippen LogP contribution in [-0.4, -0.2) is 49.5 Å². The number of nitrogens with zero attached hydrogens (tertiary/aromatic N) is 1. The van der Waals surface area contributed by atoms with E-state index in [4.69, 9.17) is 21.1 Å². The van der Waals surface area contributed by atoms with Crippen LogP contribution < -0.4 is 4.74 Å². The van der Waals surface area contributed by atoms with Crippen LogP contribution in [0.1, 0.15) is 5.56 Å². The van der Waals surface area contributed by atoms with Gasteiger partial charge in [0.05, 0.1) is 6.61 Å². The Morgan fingerprint density at radius 1 is 1.16 bits per heavy atom. The van der Waals surface area contributed by atoms with E-state index < -0.39 is 6.10 Å². The van der Waals surface area contributed by atoms with Crippen molar-refractivity contribution in [3.63, 3.8) is 0 Å². The zero-order chi connectivity index (χ0) is 18.1. The van der Waals surface area contributed by atoms with Crippen LogP contribution in [0, 0.1) is 5.82 Å². The van der Waals surface area contributed by atoms with Gasteiger partial charge in [-0.1, -0.05) is 29.8 Å². The van der Waals surface area contributed by atoms with Gasteiger partial charge in [0.2, 0.25) is 0 Å². The molecule has 2 aromatic carbocycles.